The summed E-state index contributed by atoms with van der Waals surface area (Å²) < 4.78 is 31.9. The fourth-order valence-electron chi connectivity index (χ4n) is 3.83. The first kappa shape index (κ1) is 25.3. The van der Waals surface area contributed by atoms with Crippen LogP contribution in [0.1, 0.15) is 37.8 Å². The zero-order valence-corrected chi connectivity index (χ0v) is 21.1. The maximum atomic E-state index is 11.7. The summed E-state index contributed by atoms with van der Waals surface area (Å²) in [5, 5.41) is 11.4. The lowest BCUT2D eigenvalue weighted by Crippen LogP contribution is -2.47. The molecule has 1 unspecified atom stereocenters. The summed E-state index contributed by atoms with van der Waals surface area (Å²) in [5.74, 6) is 2.95. The number of aryl methyl sites for hydroxylation is 1. The molecule has 2 aliphatic rings. The van der Waals surface area contributed by atoms with E-state index in [4.69, 9.17) is 9.73 Å². The van der Waals surface area contributed by atoms with Crippen LogP contribution in [0.15, 0.2) is 4.99 Å². The average Bonchev–Trinajstić information content (AvgIpc) is 3.08. The van der Waals surface area contributed by atoms with Gasteiger partial charge in [-0.15, -0.1) is 24.0 Å². The number of nitrogens with zero attached hydrogens (tertiary/aromatic N) is 5. The molecule has 3 heterocycles. The number of halogens is 1. The largest absolute Gasteiger partial charge is 0.377 e. The van der Waals surface area contributed by atoms with Gasteiger partial charge >= 0.3 is 0 Å². The van der Waals surface area contributed by atoms with Gasteiger partial charge in [0, 0.05) is 45.8 Å². The third-order valence-electron chi connectivity index (χ3n) is 5.41. The number of rotatable bonds is 7. The minimum absolute atomic E-state index is 0. The molecular formula is C18H34IN7O3S. The van der Waals surface area contributed by atoms with E-state index in [-0.39, 0.29) is 30.0 Å². The van der Waals surface area contributed by atoms with Crippen LogP contribution < -0.4 is 10.6 Å². The summed E-state index contributed by atoms with van der Waals surface area (Å²) in [5.41, 5.74) is 0. The molecule has 2 N–H and O–H groups in total. The van der Waals surface area contributed by atoms with Gasteiger partial charge in [-0.05, 0) is 32.1 Å². The minimum Gasteiger partial charge on any atom is -0.377 e. The monoisotopic (exact) mass is 555 g/mol. The Hall–Kier alpha value is -0.990. The Labute approximate surface area is 196 Å². The summed E-state index contributed by atoms with van der Waals surface area (Å²) in [7, 11) is -1.44. The van der Waals surface area contributed by atoms with Gasteiger partial charge in [0.1, 0.15) is 12.4 Å². The van der Waals surface area contributed by atoms with E-state index in [9.17, 15) is 8.42 Å². The Kier molecular flexibility index (Phi) is 9.75. The first-order chi connectivity index (χ1) is 13.9. The highest BCUT2D eigenvalue weighted by molar-refractivity contribution is 14.0. The lowest BCUT2D eigenvalue weighted by molar-refractivity contribution is 0.177. The minimum atomic E-state index is -3.08. The van der Waals surface area contributed by atoms with Crippen LogP contribution in [0, 0.1) is 5.92 Å². The molecule has 0 radical (unpaired) electrons. The third kappa shape index (κ3) is 7.02. The highest BCUT2D eigenvalue weighted by Gasteiger charge is 2.25. The molecule has 10 nitrogen and oxygen atoms in total. The number of piperidine rings is 1. The van der Waals surface area contributed by atoms with E-state index >= 15 is 0 Å². The lowest BCUT2D eigenvalue weighted by atomic mass is 9.98. The number of fused-ring (bicyclic) bond motifs is 1. The van der Waals surface area contributed by atoms with Crippen LogP contribution in [0.2, 0.25) is 0 Å². The van der Waals surface area contributed by atoms with Crippen LogP contribution in [-0.2, 0) is 34.3 Å². The fraction of sp³-hybridized carbons (Fsp3) is 0.833. The molecule has 1 atom stereocenters. The van der Waals surface area contributed by atoms with Crippen molar-refractivity contribution in [2.75, 3.05) is 39.5 Å². The molecule has 1 aromatic rings. The molecule has 0 aromatic carbocycles. The number of guanidine groups is 1. The zero-order chi connectivity index (χ0) is 20.9. The molecule has 1 aromatic heterocycles. The van der Waals surface area contributed by atoms with E-state index in [1.807, 2.05) is 4.68 Å². The smallest absolute Gasteiger partial charge is 0.211 e. The van der Waals surface area contributed by atoms with Gasteiger partial charge in [-0.25, -0.2) is 22.4 Å². The Balaban J connectivity index is 0.00000320. The van der Waals surface area contributed by atoms with Crippen molar-refractivity contribution in [3.8, 4) is 0 Å². The summed E-state index contributed by atoms with van der Waals surface area (Å²) in [6.07, 6.45) is 4.83. The zero-order valence-electron chi connectivity index (χ0n) is 18.0. The van der Waals surface area contributed by atoms with E-state index in [2.05, 4.69) is 27.6 Å². The number of methoxy groups -OCH3 is 1. The second-order valence-electron chi connectivity index (χ2n) is 7.76. The molecule has 172 valence electrons. The van der Waals surface area contributed by atoms with Crippen LogP contribution in [0.3, 0.4) is 0 Å². The Morgan fingerprint density at radius 2 is 2.03 bits per heavy atom. The van der Waals surface area contributed by atoms with Crippen LogP contribution in [0.5, 0.6) is 0 Å². The summed E-state index contributed by atoms with van der Waals surface area (Å²) >= 11 is 0. The van der Waals surface area contributed by atoms with Crippen molar-refractivity contribution in [2.24, 2.45) is 10.9 Å². The van der Waals surface area contributed by atoms with Crippen LogP contribution >= 0.6 is 24.0 Å². The molecule has 30 heavy (non-hydrogen) atoms. The summed E-state index contributed by atoms with van der Waals surface area (Å²) in [6, 6.07) is 0.240. The number of aromatic nitrogens is 3. The summed E-state index contributed by atoms with van der Waals surface area (Å²) in [4.78, 5) is 9.29. The maximum absolute atomic E-state index is 11.7. The maximum Gasteiger partial charge on any atom is 0.211 e. The van der Waals surface area contributed by atoms with Crippen molar-refractivity contribution in [3.63, 3.8) is 0 Å². The predicted octanol–water partition coefficient (Wildman–Crippen LogP) is 0.584. The first-order valence-corrected chi connectivity index (χ1v) is 12.2. The summed E-state index contributed by atoms with van der Waals surface area (Å²) in [6.45, 7) is 5.90. The van der Waals surface area contributed by atoms with Crippen LogP contribution in [0.4, 0.5) is 0 Å². The van der Waals surface area contributed by atoms with Gasteiger partial charge < -0.3 is 15.4 Å². The van der Waals surface area contributed by atoms with E-state index in [0.717, 1.165) is 56.4 Å². The topological polar surface area (TPSA) is 114 Å². The SMILES string of the molecule is CCNC(=NCC1CCN(S(C)(=O)=O)CC1)NC1CCc2nc(COC)nn2C1.I. The van der Waals surface area contributed by atoms with Gasteiger partial charge in [-0.2, -0.15) is 5.10 Å². The number of sulfonamides is 1. The Bertz CT molecular complexity index is 807. The number of aliphatic imine (C=N–C) groups is 1. The van der Waals surface area contributed by atoms with Crippen LogP contribution in [-0.4, -0.2) is 79.0 Å². The van der Waals surface area contributed by atoms with Crippen molar-refractivity contribution in [1.82, 2.24) is 29.7 Å². The number of hydrogen-bond acceptors (Lipinski definition) is 6. The molecule has 3 rings (SSSR count). The molecule has 0 amide bonds. The second-order valence-corrected chi connectivity index (χ2v) is 9.75. The molecular weight excluding hydrogens is 521 g/mol. The quantitative estimate of drug-likeness (QED) is 0.288. The molecule has 2 aliphatic heterocycles. The van der Waals surface area contributed by atoms with E-state index < -0.39 is 10.0 Å². The lowest BCUT2D eigenvalue weighted by Gasteiger charge is -2.30. The van der Waals surface area contributed by atoms with Gasteiger partial charge in [0.25, 0.3) is 0 Å². The van der Waals surface area contributed by atoms with Gasteiger partial charge in [0.05, 0.1) is 12.8 Å². The van der Waals surface area contributed by atoms with Gasteiger partial charge in [-0.3, -0.25) is 4.99 Å². The van der Waals surface area contributed by atoms with E-state index in [0.29, 0.717) is 32.2 Å². The molecule has 0 saturated carbocycles. The highest BCUT2D eigenvalue weighted by Crippen LogP contribution is 2.19. The predicted molar refractivity (Wildman–Crippen MR) is 127 cm³/mol. The highest BCUT2D eigenvalue weighted by atomic mass is 127. The van der Waals surface area contributed by atoms with Crippen molar-refractivity contribution >= 4 is 40.0 Å². The molecule has 1 saturated heterocycles. The van der Waals surface area contributed by atoms with Gasteiger partial charge in [0.15, 0.2) is 11.8 Å². The van der Waals surface area contributed by atoms with Gasteiger partial charge in [-0.1, -0.05) is 0 Å². The molecule has 12 heteroatoms. The number of hydrogen-bond donors (Lipinski definition) is 2. The Morgan fingerprint density at radius 1 is 1.30 bits per heavy atom. The third-order valence-corrected chi connectivity index (χ3v) is 6.71. The van der Waals surface area contributed by atoms with Crippen molar-refractivity contribution < 1.29 is 13.2 Å². The average molecular weight is 555 g/mol. The molecule has 0 aliphatic carbocycles. The second kappa shape index (κ2) is 11.6. The van der Waals surface area contributed by atoms with Crippen molar-refractivity contribution in [1.29, 1.82) is 0 Å². The molecule has 0 spiro atoms. The first-order valence-electron chi connectivity index (χ1n) is 10.3. The van der Waals surface area contributed by atoms with Crippen LogP contribution in [0.25, 0.3) is 0 Å². The number of nitrogens with one attached hydrogen (secondary N) is 2. The van der Waals surface area contributed by atoms with Crippen molar-refractivity contribution in [3.05, 3.63) is 11.6 Å². The molecule has 0 bridgehead atoms. The normalized spacial score (nSPS) is 21.0. The van der Waals surface area contributed by atoms with Crippen molar-refractivity contribution in [2.45, 2.75) is 51.8 Å². The standard InChI is InChI=1S/C18H33N7O3S.HI/c1-4-19-18(20-11-14-7-9-24(10-8-14)29(3,26)27)21-15-5-6-17-22-16(13-28-2)23-25(17)12-15;/h14-15H,4-13H2,1-3H3,(H2,19,20,21);1H. The van der Waals surface area contributed by atoms with Gasteiger partial charge in [0.2, 0.25) is 10.0 Å². The number of ether oxygens (including phenoxy) is 1. The Morgan fingerprint density at radius 3 is 2.67 bits per heavy atom. The van der Waals surface area contributed by atoms with E-state index in [1.54, 1.807) is 11.4 Å². The molecule has 1 fully saturated rings. The van der Waals surface area contributed by atoms with E-state index in [1.165, 1.54) is 6.26 Å². The fourth-order valence-corrected chi connectivity index (χ4v) is 4.70.